The van der Waals surface area contributed by atoms with Crippen LogP contribution >= 0.6 is 0 Å². The smallest absolute Gasteiger partial charge is 0.236 e. The van der Waals surface area contributed by atoms with Gasteiger partial charge in [0.15, 0.2) is 0 Å². The Labute approximate surface area is 92.1 Å². The maximum atomic E-state index is 11.5. The molecule has 2 atom stereocenters. The SMILES string of the molecule is C=CCC(C)NC(C)C(=O)NCCOC. The molecule has 1 amide bonds. The molecule has 0 saturated carbocycles. The first-order chi connectivity index (χ1) is 7.11. The molecule has 15 heavy (non-hydrogen) atoms. The molecule has 0 aromatic heterocycles. The molecule has 0 rings (SSSR count). The number of carbonyl (C=O) groups excluding carboxylic acids is 1. The van der Waals surface area contributed by atoms with Crippen molar-refractivity contribution in [2.24, 2.45) is 0 Å². The lowest BCUT2D eigenvalue weighted by Gasteiger charge is -2.18. The van der Waals surface area contributed by atoms with E-state index in [0.29, 0.717) is 13.2 Å². The molecule has 0 aliphatic heterocycles. The van der Waals surface area contributed by atoms with Gasteiger partial charge >= 0.3 is 0 Å². The molecule has 0 radical (unpaired) electrons. The summed E-state index contributed by atoms with van der Waals surface area (Å²) in [5, 5.41) is 5.96. The highest BCUT2D eigenvalue weighted by Crippen LogP contribution is 1.93. The highest BCUT2D eigenvalue weighted by molar-refractivity contribution is 5.81. The van der Waals surface area contributed by atoms with E-state index in [9.17, 15) is 4.79 Å². The Morgan fingerprint density at radius 3 is 2.73 bits per heavy atom. The van der Waals surface area contributed by atoms with Crippen LogP contribution in [0.15, 0.2) is 12.7 Å². The zero-order chi connectivity index (χ0) is 11.7. The fourth-order valence-corrected chi connectivity index (χ4v) is 1.25. The van der Waals surface area contributed by atoms with Crippen molar-refractivity contribution in [3.05, 3.63) is 12.7 Å². The monoisotopic (exact) mass is 214 g/mol. The van der Waals surface area contributed by atoms with Gasteiger partial charge in [-0.25, -0.2) is 0 Å². The summed E-state index contributed by atoms with van der Waals surface area (Å²) in [4.78, 5) is 11.5. The minimum Gasteiger partial charge on any atom is -0.383 e. The number of ether oxygens (including phenoxy) is 1. The van der Waals surface area contributed by atoms with Gasteiger partial charge in [-0.1, -0.05) is 6.08 Å². The first-order valence-electron chi connectivity index (χ1n) is 5.25. The Hall–Kier alpha value is -0.870. The lowest BCUT2D eigenvalue weighted by molar-refractivity contribution is -0.123. The number of hydrogen-bond acceptors (Lipinski definition) is 3. The highest BCUT2D eigenvalue weighted by atomic mass is 16.5. The van der Waals surface area contributed by atoms with E-state index in [1.807, 2.05) is 19.9 Å². The third-order valence-corrected chi connectivity index (χ3v) is 2.05. The van der Waals surface area contributed by atoms with Gasteiger partial charge in [0, 0.05) is 19.7 Å². The summed E-state index contributed by atoms with van der Waals surface area (Å²) in [6, 6.07) is 0.0856. The summed E-state index contributed by atoms with van der Waals surface area (Å²) in [7, 11) is 1.61. The third kappa shape index (κ3) is 7.11. The fourth-order valence-electron chi connectivity index (χ4n) is 1.25. The van der Waals surface area contributed by atoms with Crippen molar-refractivity contribution < 1.29 is 9.53 Å². The minimum atomic E-state index is -0.184. The van der Waals surface area contributed by atoms with Gasteiger partial charge in [-0.2, -0.15) is 0 Å². The summed E-state index contributed by atoms with van der Waals surface area (Å²) in [6.45, 7) is 8.63. The van der Waals surface area contributed by atoms with Crippen molar-refractivity contribution in [2.45, 2.75) is 32.4 Å². The van der Waals surface area contributed by atoms with Crippen LogP contribution in [0.2, 0.25) is 0 Å². The standard InChI is InChI=1S/C11H22N2O2/c1-5-6-9(2)13-10(3)11(14)12-7-8-15-4/h5,9-10,13H,1,6-8H2,2-4H3,(H,12,14). The number of carbonyl (C=O) groups is 1. The predicted octanol–water partition coefficient (Wildman–Crippen LogP) is 0.692. The van der Waals surface area contributed by atoms with E-state index in [1.54, 1.807) is 7.11 Å². The predicted molar refractivity (Wildman–Crippen MR) is 61.8 cm³/mol. The molecule has 2 unspecified atom stereocenters. The van der Waals surface area contributed by atoms with Crippen LogP contribution in [0, 0.1) is 0 Å². The first kappa shape index (κ1) is 14.1. The average Bonchev–Trinajstić information content (AvgIpc) is 2.18. The first-order valence-corrected chi connectivity index (χ1v) is 5.25. The topological polar surface area (TPSA) is 50.4 Å². The van der Waals surface area contributed by atoms with Gasteiger partial charge in [-0.3, -0.25) is 4.79 Å². The molecule has 4 nitrogen and oxygen atoms in total. The van der Waals surface area contributed by atoms with Crippen molar-refractivity contribution in [1.29, 1.82) is 0 Å². The molecule has 0 aromatic rings. The molecular formula is C11H22N2O2. The van der Waals surface area contributed by atoms with Crippen LogP contribution in [0.1, 0.15) is 20.3 Å². The van der Waals surface area contributed by atoms with Gasteiger partial charge in [0.2, 0.25) is 5.91 Å². The Balaban J connectivity index is 3.72. The molecular weight excluding hydrogens is 192 g/mol. The van der Waals surface area contributed by atoms with E-state index in [-0.39, 0.29) is 18.0 Å². The van der Waals surface area contributed by atoms with Crippen LogP contribution in [0.5, 0.6) is 0 Å². The number of nitrogens with one attached hydrogen (secondary N) is 2. The van der Waals surface area contributed by atoms with Crippen molar-refractivity contribution in [3.8, 4) is 0 Å². The molecule has 0 bridgehead atoms. The van der Waals surface area contributed by atoms with Crippen LogP contribution in [0.25, 0.3) is 0 Å². The summed E-state index contributed by atoms with van der Waals surface area (Å²) in [5.74, 6) is 0.00274. The van der Waals surface area contributed by atoms with Crippen molar-refractivity contribution in [1.82, 2.24) is 10.6 Å². The van der Waals surface area contributed by atoms with E-state index in [1.165, 1.54) is 0 Å². The number of methoxy groups -OCH3 is 1. The third-order valence-electron chi connectivity index (χ3n) is 2.05. The maximum Gasteiger partial charge on any atom is 0.236 e. The second-order valence-electron chi connectivity index (χ2n) is 3.60. The Morgan fingerprint density at radius 2 is 2.20 bits per heavy atom. The lowest BCUT2D eigenvalue weighted by Crippen LogP contribution is -2.46. The molecule has 4 heteroatoms. The summed E-state index contributed by atoms with van der Waals surface area (Å²) in [6.07, 6.45) is 2.70. The minimum absolute atomic E-state index is 0.00274. The number of hydrogen-bond donors (Lipinski definition) is 2. The van der Waals surface area contributed by atoms with E-state index in [4.69, 9.17) is 4.74 Å². The largest absolute Gasteiger partial charge is 0.383 e. The summed E-state index contributed by atoms with van der Waals surface area (Å²) >= 11 is 0. The Morgan fingerprint density at radius 1 is 1.53 bits per heavy atom. The normalized spacial score (nSPS) is 14.3. The van der Waals surface area contributed by atoms with Gasteiger partial charge in [0.05, 0.1) is 12.6 Å². The number of rotatable bonds is 8. The van der Waals surface area contributed by atoms with Gasteiger partial charge in [0.25, 0.3) is 0 Å². The van der Waals surface area contributed by atoms with E-state index >= 15 is 0 Å². The molecule has 2 N–H and O–H groups in total. The van der Waals surface area contributed by atoms with E-state index in [0.717, 1.165) is 6.42 Å². The van der Waals surface area contributed by atoms with Crippen molar-refractivity contribution in [3.63, 3.8) is 0 Å². The van der Waals surface area contributed by atoms with E-state index in [2.05, 4.69) is 17.2 Å². The van der Waals surface area contributed by atoms with Gasteiger partial charge in [-0.05, 0) is 20.3 Å². The van der Waals surface area contributed by atoms with Crippen LogP contribution in [0.3, 0.4) is 0 Å². The molecule has 0 spiro atoms. The molecule has 0 aliphatic carbocycles. The lowest BCUT2D eigenvalue weighted by atomic mass is 10.2. The van der Waals surface area contributed by atoms with Crippen LogP contribution < -0.4 is 10.6 Å². The summed E-state index contributed by atoms with van der Waals surface area (Å²) in [5.41, 5.74) is 0. The number of amides is 1. The zero-order valence-corrected chi connectivity index (χ0v) is 9.88. The highest BCUT2D eigenvalue weighted by Gasteiger charge is 2.13. The molecule has 0 aliphatic rings. The Bertz CT molecular complexity index is 195. The second-order valence-corrected chi connectivity index (χ2v) is 3.60. The van der Waals surface area contributed by atoms with Crippen molar-refractivity contribution >= 4 is 5.91 Å². The Kier molecular flexibility index (Phi) is 7.95. The van der Waals surface area contributed by atoms with Gasteiger partial charge in [-0.15, -0.1) is 6.58 Å². The molecule has 0 fully saturated rings. The van der Waals surface area contributed by atoms with Gasteiger partial charge < -0.3 is 15.4 Å². The van der Waals surface area contributed by atoms with Crippen molar-refractivity contribution in [2.75, 3.05) is 20.3 Å². The molecule has 0 heterocycles. The second kappa shape index (κ2) is 8.44. The van der Waals surface area contributed by atoms with Crippen LogP contribution in [0.4, 0.5) is 0 Å². The average molecular weight is 214 g/mol. The maximum absolute atomic E-state index is 11.5. The van der Waals surface area contributed by atoms with Crippen LogP contribution in [-0.2, 0) is 9.53 Å². The van der Waals surface area contributed by atoms with E-state index < -0.39 is 0 Å². The van der Waals surface area contributed by atoms with Crippen LogP contribution in [-0.4, -0.2) is 38.3 Å². The molecule has 0 aromatic carbocycles. The fraction of sp³-hybridized carbons (Fsp3) is 0.727. The molecule has 0 saturated heterocycles. The summed E-state index contributed by atoms with van der Waals surface area (Å²) < 4.78 is 4.84. The van der Waals surface area contributed by atoms with Gasteiger partial charge in [0.1, 0.15) is 0 Å². The quantitative estimate of drug-likeness (QED) is 0.462. The molecule has 88 valence electrons. The zero-order valence-electron chi connectivity index (χ0n) is 9.88.